The fourth-order valence-corrected chi connectivity index (χ4v) is 5.88. The number of carbonyl (C=O) groups is 2. The highest BCUT2D eigenvalue weighted by molar-refractivity contribution is 7.11. The van der Waals surface area contributed by atoms with E-state index in [0.29, 0.717) is 29.5 Å². The molecule has 7 heteroatoms. The first-order valence-electron chi connectivity index (χ1n) is 11.0. The molecular weight excluding hydrogens is 408 g/mol. The van der Waals surface area contributed by atoms with E-state index in [-0.39, 0.29) is 11.8 Å². The smallest absolute Gasteiger partial charge is 0.261 e. The normalized spacial score (nSPS) is 23.6. The minimum Gasteiger partial charge on any atom is -0.359 e. The van der Waals surface area contributed by atoms with Crippen molar-refractivity contribution in [1.29, 1.82) is 0 Å². The van der Waals surface area contributed by atoms with Gasteiger partial charge in [0.15, 0.2) is 0 Å². The summed E-state index contributed by atoms with van der Waals surface area (Å²) in [6, 6.07) is 15.5. The van der Waals surface area contributed by atoms with Crippen LogP contribution in [0.3, 0.4) is 0 Å². The van der Waals surface area contributed by atoms with Crippen molar-refractivity contribution in [2.45, 2.75) is 6.42 Å². The number of nitrogens with zero attached hydrogens (tertiary/aromatic N) is 4. The molecule has 6 rings (SSSR count). The molecule has 0 bridgehead atoms. The average Bonchev–Trinajstić information content (AvgIpc) is 3.31. The molecule has 1 saturated heterocycles. The van der Waals surface area contributed by atoms with E-state index in [2.05, 4.69) is 32.4 Å². The van der Waals surface area contributed by atoms with Crippen LogP contribution in [0.2, 0.25) is 0 Å². The number of piperazine rings is 1. The van der Waals surface area contributed by atoms with Crippen molar-refractivity contribution in [3.05, 3.63) is 59.7 Å². The number of aromatic nitrogens is 1. The third-order valence-corrected chi connectivity index (χ3v) is 7.82. The van der Waals surface area contributed by atoms with Gasteiger partial charge in [-0.15, -0.1) is 0 Å². The molecule has 1 aliphatic carbocycles. The first kappa shape index (κ1) is 19.0. The second-order valence-electron chi connectivity index (χ2n) is 8.81. The Bertz CT molecular complexity index is 1130. The van der Waals surface area contributed by atoms with E-state index < -0.39 is 0 Å². The second kappa shape index (κ2) is 7.43. The number of hydrogen-bond donors (Lipinski definition) is 0. The molecule has 6 nitrogen and oxygen atoms in total. The van der Waals surface area contributed by atoms with E-state index in [9.17, 15) is 9.59 Å². The van der Waals surface area contributed by atoms with Crippen molar-refractivity contribution in [2.24, 2.45) is 11.8 Å². The van der Waals surface area contributed by atoms with Gasteiger partial charge in [0.05, 0.1) is 16.6 Å². The molecule has 31 heavy (non-hydrogen) atoms. The van der Waals surface area contributed by atoms with Gasteiger partial charge < -0.3 is 4.90 Å². The SMILES string of the molecule is O=C1c2ccccc2C(=O)N1C[C@@H]1C[C@H]1CN1CCN(c2snc3ccccc23)CC1. The van der Waals surface area contributed by atoms with Gasteiger partial charge >= 0.3 is 0 Å². The van der Waals surface area contributed by atoms with Gasteiger partial charge in [0, 0.05) is 44.7 Å². The lowest BCUT2D eigenvalue weighted by Gasteiger charge is -2.35. The molecule has 0 spiro atoms. The standard InChI is InChI=1S/C24H24N4O2S/c29-22-18-5-1-2-6-19(18)23(30)28(22)15-17-13-16(17)14-26-9-11-27(12-10-26)24-20-7-3-4-8-21(20)25-31-24/h1-8,16-17H,9-15H2/t16-,17-/m0/s1. The molecular formula is C24H24N4O2S. The molecule has 2 amide bonds. The first-order chi connectivity index (χ1) is 15.2. The highest BCUT2D eigenvalue weighted by atomic mass is 32.1. The van der Waals surface area contributed by atoms with Crippen LogP contribution < -0.4 is 4.90 Å². The van der Waals surface area contributed by atoms with Crippen molar-refractivity contribution in [2.75, 3.05) is 44.2 Å². The summed E-state index contributed by atoms with van der Waals surface area (Å²) in [4.78, 5) is 31.6. The van der Waals surface area contributed by atoms with Crippen molar-refractivity contribution in [1.82, 2.24) is 14.2 Å². The Morgan fingerprint density at radius 1 is 0.839 bits per heavy atom. The lowest BCUT2D eigenvalue weighted by Crippen LogP contribution is -2.47. The molecule has 3 heterocycles. The van der Waals surface area contributed by atoms with E-state index in [1.54, 1.807) is 23.7 Å². The molecule has 2 fully saturated rings. The first-order valence-corrected chi connectivity index (χ1v) is 11.7. The quantitative estimate of drug-likeness (QED) is 0.579. The lowest BCUT2D eigenvalue weighted by molar-refractivity contribution is 0.0643. The molecule has 3 aliphatic rings. The minimum atomic E-state index is -0.128. The molecule has 3 aromatic rings. The maximum atomic E-state index is 12.6. The van der Waals surface area contributed by atoms with Gasteiger partial charge in [0.2, 0.25) is 0 Å². The predicted molar refractivity (Wildman–Crippen MR) is 122 cm³/mol. The number of rotatable bonds is 5. The number of carbonyl (C=O) groups excluding carboxylic acids is 2. The van der Waals surface area contributed by atoms with Crippen molar-refractivity contribution in [3.8, 4) is 0 Å². The van der Waals surface area contributed by atoms with Crippen molar-refractivity contribution in [3.63, 3.8) is 0 Å². The van der Waals surface area contributed by atoms with Crippen LogP contribution >= 0.6 is 11.5 Å². The van der Waals surface area contributed by atoms with Crippen LogP contribution in [0.5, 0.6) is 0 Å². The van der Waals surface area contributed by atoms with Crippen LogP contribution in [0, 0.1) is 11.8 Å². The fraction of sp³-hybridized carbons (Fsp3) is 0.375. The molecule has 0 N–H and O–H groups in total. The van der Waals surface area contributed by atoms with Gasteiger partial charge in [0.1, 0.15) is 5.00 Å². The fourth-order valence-electron chi connectivity index (χ4n) is 4.97. The molecule has 158 valence electrons. The largest absolute Gasteiger partial charge is 0.359 e. The summed E-state index contributed by atoms with van der Waals surface area (Å²) in [5, 5.41) is 2.54. The summed E-state index contributed by atoms with van der Waals surface area (Å²) in [5.74, 6) is 0.763. The Hall–Kier alpha value is -2.77. The zero-order valence-corrected chi connectivity index (χ0v) is 18.1. The van der Waals surface area contributed by atoms with E-state index in [1.165, 1.54) is 15.3 Å². The van der Waals surface area contributed by atoms with Crippen LogP contribution in [0.15, 0.2) is 48.5 Å². The van der Waals surface area contributed by atoms with Crippen molar-refractivity contribution < 1.29 is 9.59 Å². The topological polar surface area (TPSA) is 56.8 Å². The summed E-state index contributed by atoms with van der Waals surface area (Å²) in [5.41, 5.74) is 2.19. The number of amides is 2. The monoisotopic (exact) mass is 432 g/mol. The van der Waals surface area contributed by atoms with E-state index >= 15 is 0 Å². The predicted octanol–water partition coefficient (Wildman–Crippen LogP) is 3.35. The lowest BCUT2D eigenvalue weighted by atomic mass is 10.1. The van der Waals surface area contributed by atoms with Gasteiger partial charge in [-0.05, 0) is 54.1 Å². The van der Waals surface area contributed by atoms with Crippen molar-refractivity contribution >= 4 is 39.3 Å². The molecule has 1 aromatic heterocycles. The summed E-state index contributed by atoms with van der Waals surface area (Å²) < 4.78 is 4.58. The summed E-state index contributed by atoms with van der Waals surface area (Å²) in [7, 11) is 0. The highest BCUT2D eigenvalue weighted by Gasteiger charge is 2.44. The molecule has 1 saturated carbocycles. The molecule has 2 aliphatic heterocycles. The minimum absolute atomic E-state index is 0.128. The number of benzene rings is 2. The third-order valence-electron chi connectivity index (χ3n) is 6.88. The Labute approximate surface area is 185 Å². The molecule has 0 radical (unpaired) electrons. The molecule has 0 unspecified atom stereocenters. The number of fused-ring (bicyclic) bond motifs is 2. The number of anilines is 1. The summed E-state index contributed by atoms with van der Waals surface area (Å²) in [6.45, 7) is 5.74. The Balaban J connectivity index is 1.02. The molecule has 2 aromatic carbocycles. The van der Waals surface area contributed by atoms with Gasteiger partial charge in [0.25, 0.3) is 11.8 Å². The van der Waals surface area contributed by atoms with Gasteiger partial charge in [-0.1, -0.05) is 24.3 Å². The van der Waals surface area contributed by atoms with E-state index in [0.717, 1.165) is 44.7 Å². The Morgan fingerprint density at radius 2 is 1.48 bits per heavy atom. The second-order valence-corrected chi connectivity index (χ2v) is 9.57. The number of imide groups is 1. The zero-order valence-electron chi connectivity index (χ0n) is 17.2. The maximum absolute atomic E-state index is 12.6. The van der Waals surface area contributed by atoms with E-state index in [1.807, 2.05) is 18.2 Å². The van der Waals surface area contributed by atoms with Crippen LogP contribution in [0.4, 0.5) is 5.00 Å². The maximum Gasteiger partial charge on any atom is 0.261 e. The highest BCUT2D eigenvalue weighted by Crippen LogP contribution is 2.41. The third kappa shape index (κ3) is 3.32. The zero-order chi connectivity index (χ0) is 20.9. The number of hydrogen-bond acceptors (Lipinski definition) is 6. The van der Waals surface area contributed by atoms with Crippen LogP contribution in [0.1, 0.15) is 27.1 Å². The average molecular weight is 433 g/mol. The van der Waals surface area contributed by atoms with Gasteiger partial charge in [-0.3, -0.25) is 19.4 Å². The Kier molecular flexibility index (Phi) is 4.54. The van der Waals surface area contributed by atoms with Crippen LogP contribution in [0.25, 0.3) is 10.9 Å². The summed E-state index contributed by atoms with van der Waals surface area (Å²) >= 11 is 1.60. The molecule has 2 atom stereocenters. The van der Waals surface area contributed by atoms with E-state index in [4.69, 9.17) is 0 Å². The van der Waals surface area contributed by atoms with Crippen LogP contribution in [-0.2, 0) is 0 Å². The summed E-state index contributed by atoms with van der Waals surface area (Å²) in [6.07, 6.45) is 1.10. The van der Waals surface area contributed by atoms with Gasteiger partial charge in [-0.25, -0.2) is 0 Å². The van der Waals surface area contributed by atoms with Crippen LogP contribution in [-0.4, -0.2) is 65.3 Å². The Morgan fingerprint density at radius 3 is 2.23 bits per heavy atom. The van der Waals surface area contributed by atoms with Gasteiger partial charge in [-0.2, -0.15) is 4.37 Å².